The lowest BCUT2D eigenvalue weighted by molar-refractivity contribution is -0.148. The number of carbonyl (C=O) groups excluding carboxylic acids is 4. The van der Waals surface area contributed by atoms with Crippen LogP contribution < -0.4 is 15.2 Å². The molecule has 0 aliphatic carbocycles. The van der Waals surface area contributed by atoms with E-state index in [1.54, 1.807) is 34.6 Å². The van der Waals surface area contributed by atoms with Gasteiger partial charge < -0.3 is 38.9 Å². The minimum atomic E-state index is -1.64. The summed E-state index contributed by atoms with van der Waals surface area (Å²) >= 11 is 0. The summed E-state index contributed by atoms with van der Waals surface area (Å²) in [6.07, 6.45) is -4.85. The highest BCUT2D eigenvalue weighted by Gasteiger charge is 2.38. The number of hydrogen-bond acceptors (Lipinski definition) is 12. The van der Waals surface area contributed by atoms with Crippen molar-refractivity contribution in [1.29, 1.82) is 0 Å². The molecule has 0 fully saturated rings. The molecule has 0 spiro atoms. The second kappa shape index (κ2) is 15.0. The molecule has 1 aromatic rings. The molecule has 0 saturated carbocycles. The Balaban J connectivity index is 3.19. The first kappa shape index (κ1) is 32.5. The maximum atomic E-state index is 12.7. The van der Waals surface area contributed by atoms with E-state index >= 15 is 0 Å². The zero-order chi connectivity index (χ0) is 29.0. The third-order valence-corrected chi connectivity index (χ3v) is 4.65. The molecule has 0 aliphatic heterocycles. The summed E-state index contributed by atoms with van der Waals surface area (Å²) in [5, 5.41) is 0. The second-order valence-corrected chi connectivity index (χ2v) is 9.73. The first-order valence-corrected chi connectivity index (χ1v) is 12.3. The topological polar surface area (TPSA) is 159 Å². The van der Waals surface area contributed by atoms with Crippen molar-refractivity contribution in [1.82, 2.24) is 0 Å². The highest BCUT2D eigenvalue weighted by Crippen LogP contribution is 2.32. The second-order valence-electron chi connectivity index (χ2n) is 9.73. The molecule has 0 aromatic heterocycles. The summed E-state index contributed by atoms with van der Waals surface area (Å²) in [6, 6.07) is 4.24. The van der Waals surface area contributed by atoms with Crippen LogP contribution in [0.3, 0.4) is 0 Å². The molecule has 214 valence electrons. The predicted octanol–water partition coefficient (Wildman–Crippen LogP) is 4.54. The van der Waals surface area contributed by atoms with Gasteiger partial charge in [-0.15, -0.1) is 0 Å². The Kier molecular flexibility index (Phi) is 12.8. The number of nitrogens with two attached hydrogens (primary N) is 1. The Morgan fingerprint density at radius 1 is 0.816 bits per heavy atom. The predicted molar refractivity (Wildman–Crippen MR) is 135 cm³/mol. The van der Waals surface area contributed by atoms with Gasteiger partial charge in [-0.2, -0.15) is 0 Å². The molecular weight excluding hydrogens is 502 g/mol. The lowest BCUT2D eigenvalue weighted by Gasteiger charge is -2.29. The number of methoxy groups -OCH3 is 1. The van der Waals surface area contributed by atoms with E-state index < -0.39 is 48.3 Å². The van der Waals surface area contributed by atoms with E-state index in [4.69, 9.17) is 38.9 Å². The van der Waals surface area contributed by atoms with Gasteiger partial charge in [-0.1, -0.05) is 19.9 Å². The lowest BCUT2D eigenvalue weighted by atomic mass is 9.86. The van der Waals surface area contributed by atoms with Gasteiger partial charge in [0.15, 0.2) is 11.5 Å². The number of carbonyl (C=O) groups is 4. The van der Waals surface area contributed by atoms with E-state index in [0.717, 1.165) is 0 Å². The number of esters is 1. The van der Waals surface area contributed by atoms with Crippen LogP contribution in [0.1, 0.15) is 60.5 Å². The zero-order valence-corrected chi connectivity index (χ0v) is 23.2. The first-order chi connectivity index (χ1) is 17.6. The summed E-state index contributed by atoms with van der Waals surface area (Å²) in [5.41, 5.74) is 5.21. The van der Waals surface area contributed by atoms with Crippen LogP contribution in [0.2, 0.25) is 0 Å². The average Bonchev–Trinajstić information content (AvgIpc) is 2.77. The highest BCUT2D eigenvalue weighted by molar-refractivity contribution is 5.81. The quantitative estimate of drug-likeness (QED) is 0.224. The molecule has 1 unspecified atom stereocenters. The van der Waals surface area contributed by atoms with E-state index in [0.29, 0.717) is 5.56 Å². The van der Waals surface area contributed by atoms with Crippen LogP contribution >= 0.6 is 0 Å². The summed E-state index contributed by atoms with van der Waals surface area (Å²) in [7, 11) is 1.18. The Bertz CT molecular complexity index is 961. The third-order valence-electron chi connectivity index (χ3n) is 4.65. The van der Waals surface area contributed by atoms with Gasteiger partial charge in [0, 0.05) is 12.8 Å². The van der Waals surface area contributed by atoms with Gasteiger partial charge in [-0.3, -0.25) is 4.79 Å². The average molecular weight is 542 g/mol. The fourth-order valence-electron chi connectivity index (χ4n) is 3.22. The summed E-state index contributed by atoms with van der Waals surface area (Å²) < 4.78 is 35.5. The van der Waals surface area contributed by atoms with Crippen LogP contribution in [0.25, 0.3) is 0 Å². The summed E-state index contributed by atoms with van der Waals surface area (Å²) in [5.74, 6) is -0.922. The molecule has 0 bridgehead atoms. The molecule has 2 N–H and O–H groups in total. The zero-order valence-electron chi connectivity index (χ0n) is 23.2. The molecule has 12 nitrogen and oxygen atoms in total. The van der Waals surface area contributed by atoms with Crippen LogP contribution in [0.15, 0.2) is 18.2 Å². The van der Waals surface area contributed by atoms with Crippen molar-refractivity contribution in [2.45, 2.75) is 85.2 Å². The Morgan fingerprint density at radius 2 is 1.37 bits per heavy atom. The van der Waals surface area contributed by atoms with Gasteiger partial charge >= 0.3 is 24.4 Å². The number of rotatable bonds is 12. The Labute approximate surface area is 223 Å². The molecule has 38 heavy (non-hydrogen) atoms. The largest absolute Gasteiger partial charge is 0.514 e. The molecule has 2 atom stereocenters. The first-order valence-electron chi connectivity index (χ1n) is 12.3. The smallest absolute Gasteiger partial charge is 0.468 e. The van der Waals surface area contributed by atoms with Gasteiger partial charge in [0.2, 0.25) is 0 Å². The van der Waals surface area contributed by atoms with Gasteiger partial charge in [0.05, 0.1) is 25.9 Å². The summed E-state index contributed by atoms with van der Waals surface area (Å²) in [4.78, 5) is 48.8. The monoisotopic (exact) mass is 541 g/mol. The molecular formula is C26H39NO11. The highest BCUT2D eigenvalue weighted by atomic mass is 16.8. The maximum Gasteiger partial charge on any atom is 0.514 e. The fraction of sp³-hybridized carbons (Fsp3) is 0.615. The van der Waals surface area contributed by atoms with Gasteiger partial charge in [-0.25, -0.2) is 14.4 Å². The van der Waals surface area contributed by atoms with Crippen molar-refractivity contribution in [2.24, 2.45) is 11.7 Å². The van der Waals surface area contributed by atoms with E-state index in [-0.39, 0.29) is 36.9 Å². The Morgan fingerprint density at radius 3 is 1.87 bits per heavy atom. The molecule has 12 heteroatoms. The van der Waals surface area contributed by atoms with Crippen molar-refractivity contribution in [3.63, 3.8) is 0 Å². The van der Waals surface area contributed by atoms with E-state index in [9.17, 15) is 19.2 Å². The van der Waals surface area contributed by atoms with Crippen molar-refractivity contribution in [2.75, 3.05) is 13.7 Å². The lowest BCUT2D eigenvalue weighted by Crippen LogP contribution is -2.53. The molecule has 0 radical (unpaired) electrons. The Hall–Kier alpha value is -3.54. The molecule has 1 rings (SSSR count). The van der Waals surface area contributed by atoms with Crippen LogP contribution in [-0.2, 0) is 34.9 Å². The van der Waals surface area contributed by atoms with E-state index in [1.807, 2.05) is 13.8 Å². The molecule has 0 aliphatic rings. The van der Waals surface area contributed by atoms with Crippen molar-refractivity contribution >= 4 is 24.4 Å². The molecule has 0 saturated heterocycles. The van der Waals surface area contributed by atoms with Crippen molar-refractivity contribution in [3.8, 4) is 11.5 Å². The normalized spacial score (nSPS) is 13.4. The van der Waals surface area contributed by atoms with Gasteiger partial charge in [0.25, 0.3) is 0 Å². The van der Waals surface area contributed by atoms with Gasteiger partial charge in [-0.05, 0) is 58.2 Å². The minimum Gasteiger partial charge on any atom is -0.468 e. The van der Waals surface area contributed by atoms with E-state index in [2.05, 4.69) is 0 Å². The van der Waals surface area contributed by atoms with Crippen molar-refractivity contribution in [3.05, 3.63) is 23.8 Å². The number of benzene rings is 1. The summed E-state index contributed by atoms with van der Waals surface area (Å²) in [6.45, 7) is 12.1. The fourth-order valence-corrected chi connectivity index (χ4v) is 3.22. The van der Waals surface area contributed by atoms with Crippen molar-refractivity contribution < 1.29 is 52.3 Å². The molecule has 1 aromatic carbocycles. The van der Waals surface area contributed by atoms with E-state index in [1.165, 1.54) is 25.3 Å². The van der Waals surface area contributed by atoms with Crippen LogP contribution in [0.5, 0.6) is 11.5 Å². The van der Waals surface area contributed by atoms with Gasteiger partial charge in [0.1, 0.15) is 11.6 Å². The molecule has 0 amide bonds. The maximum absolute atomic E-state index is 12.7. The number of hydrogen-bond donors (Lipinski definition) is 1. The standard InChI is InChI=1S/C26H39NO11/c1-15(2)14-33-23(29)36-18(7)12-26(27,22(28)32-8)13-19-9-10-20(37-24(30)34-16(3)4)21(11-19)38-25(31)35-17(5)6/h9-11,15-18H,12-14,27H2,1-8H3/t18-,26?/m0/s1. The van der Waals surface area contributed by atoms with Crippen LogP contribution in [0.4, 0.5) is 14.4 Å². The SMILES string of the molecule is COC(=O)C(N)(Cc1ccc(OC(=O)OC(C)C)c(OC(=O)OC(C)C)c1)C[C@H](C)OC(=O)OCC(C)C. The number of ether oxygens (including phenoxy) is 7. The molecule has 0 heterocycles. The van der Waals surface area contributed by atoms with Crippen LogP contribution in [-0.4, -0.2) is 62.0 Å². The third kappa shape index (κ3) is 11.7. The van der Waals surface area contributed by atoms with Crippen LogP contribution in [0, 0.1) is 5.92 Å². The minimum absolute atomic E-state index is 0.110.